The lowest BCUT2D eigenvalue weighted by Gasteiger charge is -2.26. The van der Waals surface area contributed by atoms with Gasteiger partial charge in [-0.3, -0.25) is 14.6 Å². The average molecular weight is 471 g/mol. The number of nitrogens with zero attached hydrogens (tertiary/aromatic N) is 2. The van der Waals surface area contributed by atoms with E-state index in [-0.39, 0.29) is 17.9 Å². The van der Waals surface area contributed by atoms with E-state index < -0.39 is 17.7 Å². The molecule has 0 bridgehead atoms. The van der Waals surface area contributed by atoms with Gasteiger partial charge in [0.05, 0.1) is 18.7 Å². The summed E-state index contributed by atoms with van der Waals surface area (Å²) >= 11 is 0. The van der Waals surface area contributed by atoms with Crippen LogP contribution < -0.4 is 4.74 Å². The Balaban J connectivity index is 1.89. The fourth-order valence-electron chi connectivity index (χ4n) is 4.55. The standard InChI is InChI=1S/C29H30N2O4/c1-17(2)21-6-8-22(9-7-21)26-25(27(32)23-14-19(4)24(35-5)15-18(23)3)28(33)29(34)31(26)16-20-10-12-30-13-11-20/h6-15,17,26,32H,16H2,1-5H3/b27-25+. The minimum atomic E-state index is -0.716. The first kappa shape index (κ1) is 24.2. The second-order valence-electron chi connectivity index (χ2n) is 9.24. The van der Waals surface area contributed by atoms with Crippen molar-refractivity contribution in [2.75, 3.05) is 7.11 Å². The highest BCUT2D eigenvalue weighted by molar-refractivity contribution is 6.46. The number of hydrogen-bond donors (Lipinski definition) is 1. The number of ketones is 1. The maximum atomic E-state index is 13.4. The Morgan fingerprint density at radius 3 is 2.29 bits per heavy atom. The van der Waals surface area contributed by atoms with Crippen LogP contribution in [0.5, 0.6) is 5.75 Å². The van der Waals surface area contributed by atoms with E-state index in [1.54, 1.807) is 25.6 Å². The van der Waals surface area contributed by atoms with Gasteiger partial charge in [0.2, 0.25) is 0 Å². The van der Waals surface area contributed by atoms with E-state index in [1.165, 1.54) is 4.90 Å². The SMILES string of the molecule is COc1cc(C)c(/C(O)=C2\C(=O)C(=O)N(Cc3ccncc3)C2c2ccc(C(C)C)cc2)cc1C. The van der Waals surface area contributed by atoms with E-state index >= 15 is 0 Å². The number of benzene rings is 2. The Morgan fingerprint density at radius 2 is 1.69 bits per heavy atom. The summed E-state index contributed by atoms with van der Waals surface area (Å²) in [6, 6.07) is 14.4. The average Bonchev–Trinajstić information content (AvgIpc) is 3.10. The molecule has 1 aliphatic rings. The smallest absolute Gasteiger partial charge is 0.295 e. The van der Waals surface area contributed by atoms with Gasteiger partial charge in [0.25, 0.3) is 11.7 Å². The summed E-state index contributed by atoms with van der Waals surface area (Å²) < 4.78 is 5.40. The van der Waals surface area contributed by atoms with Gasteiger partial charge in [-0.2, -0.15) is 0 Å². The van der Waals surface area contributed by atoms with Crippen molar-refractivity contribution < 1.29 is 19.4 Å². The maximum Gasteiger partial charge on any atom is 0.295 e. The zero-order valence-electron chi connectivity index (χ0n) is 20.7. The number of amides is 1. The molecule has 1 saturated heterocycles. The molecule has 4 rings (SSSR count). The number of aliphatic hydroxyl groups is 1. The molecule has 1 aromatic heterocycles. The molecule has 0 aliphatic carbocycles. The van der Waals surface area contributed by atoms with Crippen molar-refractivity contribution in [1.82, 2.24) is 9.88 Å². The minimum Gasteiger partial charge on any atom is -0.507 e. The fourth-order valence-corrected chi connectivity index (χ4v) is 4.55. The van der Waals surface area contributed by atoms with E-state index in [1.807, 2.05) is 56.3 Å². The van der Waals surface area contributed by atoms with Crippen molar-refractivity contribution in [2.45, 2.75) is 46.2 Å². The third kappa shape index (κ3) is 4.56. The summed E-state index contributed by atoms with van der Waals surface area (Å²) in [5, 5.41) is 11.5. The summed E-state index contributed by atoms with van der Waals surface area (Å²) in [6.07, 6.45) is 3.31. The van der Waals surface area contributed by atoms with E-state index in [9.17, 15) is 14.7 Å². The van der Waals surface area contributed by atoms with Crippen molar-refractivity contribution >= 4 is 17.4 Å². The van der Waals surface area contributed by atoms with E-state index in [4.69, 9.17) is 4.74 Å². The Bertz CT molecular complexity index is 1290. The topological polar surface area (TPSA) is 79.7 Å². The third-order valence-corrected chi connectivity index (χ3v) is 6.56. The van der Waals surface area contributed by atoms with Crippen molar-refractivity contribution in [3.8, 4) is 5.75 Å². The van der Waals surface area contributed by atoms with Crippen LogP contribution in [0.4, 0.5) is 0 Å². The molecule has 0 saturated carbocycles. The first-order chi connectivity index (χ1) is 16.7. The number of likely N-dealkylation sites (tertiary alicyclic amines) is 1. The predicted octanol–water partition coefficient (Wildman–Crippen LogP) is 5.45. The molecule has 1 amide bonds. The normalized spacial score (nSPS) is 17.3. The van der Waals surface area contributed by atoms with Crippen LogP contribution in [0.2, 0.25) is 0 Å². The summed E-state index contributed by atoms with van der Waals surface area (Å²) in [5.74, 6) is -0.469. The molecule has 6 nitrogen and oxygen atoms in total. The van der Waals surface area contributed by atoms with Crippen molar-refractivity contribution in [2.24, 2.45) is 0 Å². The molecule has 3 aromatic rings. The second-order valence-corrected chi connectivity index (χ2v) is 9.24. The summed E-state index contributed by atoms with van der Waals surface area (Å²) in [6.45, 7) is 8.16. The fraction of sp³-hybridized carbons (Fsp3) is 0.276. The number of rotatable bonds is 6. The number of aliphatic hydroxyl groups excluding tert-OH is 1. The number of methoxy groups -OCH3 is 1. The minimum absolute atomic E-state index is 0.0917. The lowest BCUT2D eigenvalue weighted by atomic mass is 9.91. The molecular formula is C29H30N2O4. The highest BCUT2D eigenvalue weighted by Gasteiger charge is 2.46. The molecule has 0 spiro atoms. The Kier molecular flexibility index (Phi) is 6.74. The number of carbonyl (C=O) groups excluding carboxylic acids is 2. The van der Waals surface area contributed by atoms with Gasteiger partial charge in [0.1, 0.15) is 11.5 Å². The van der Waals surface area contributed by atoms with Crippen LogP contribution in [0.3, 0.4) is 0 Å². The number of ether oxygens (including phenoxy) is 1. The van der Waals surface area contributed by atoms with Crippen LogP contribution in [-0.4, -0.2) is 33.8 Å². The Labute approximate surface area is 205 Å². The van der Waals surface area contributed by atoms with E-state index in [2.05, 4.69) is 18.8 Å². The molecule has 0 radical (unpaired) electrons. The lowest BCUT2D eigenvalue weighted by molar-refractivity contribution is -0.140. The molecule has 1 fully saturated rings. The number of aryl methyl sites for hydroxylation is 2. The number of hydrogen-bond acceptors (Lipinski definition) is 5. The van der Waals surface area contributed by atoms with E-state index in [0.717, 1.165) is 27.8 Å². The highest BCUT2D eigenvalue weighted by atomic mass is 16.5. The van der Waals surface area contributed by atoms with Gasteiger partial charge in [-0.1, -0.05) is 38.1 Å². The van der Waals surface area contributed by atoms with Gasteiger partial charge in [-0.25, -0.2) is 0 Å². The number of pyridine rings is 1. The molecule has 1 atom stereocenters. The molecule has 1 aliphatic heterocycles. The van der Waals surface area contributed by atoms with Gasteiger partial charge in [-0.05, 0) is 71.8 Å². The number of Topliss-reactive ketones (excluding diaryl/α,β-unsaturated/α-hetero) is 1. The number of carbonyl (C=O) groups is 2. The Hall–Kier alpha value is -3.93. The molecule has 2 heterocycles. The van der Waals surface area contributed by atoms with Gasteiger partial charge in [0.15, 0.2) is 0 Å². The number of aromatic nitrogens is 1. The first-order valence-electron chi connectivity index (χ1n) is 11.7. The van der Waals surface area contributed by atoms with Crippen molar-refractivity contribution in [1.29, 1.82) is 0 Å². The van der Waals surface area contributed by atoms with Crippen LogP contribution in [-0.2, 0) is 16.1 Å². The molecule has 180 valence electrons. The van der Waals surface area contributed by atoms with Crippen LogP contribution >= 0.6 is 0 Å². The monoisotopic (exact) mass is 470 g/mol. The van der Waals surface area contributed by atoms with Crippen LogP contribution in [0.1, 0.15) is 59.2 Å². The predicted molar refractivity (Wildman–Crippen MR) is 135 cm³/mol. The molecular weight excluding hydrogens is 440 g/mol. The molecule has 35 heavy (non-hydrogen) atoms. The first-order valence-corrected chi connectivity index (χ1v) is 11.7. The zero-order chi connectivity index (χ0) is 25.3. The van der Waals surface area contributed by atoms with Gasteiger partial charge < -0.3 is 14.7 Å². The quantitative estimate of drug-likeness (QED) is 0.294. The highest BCUT2D eigenvalue weighted by Crippen LogP contribution is 2.41. The zero-order valence-corrected chi connectivity index (χ0v) is 20.7. The van der Waals surface area contributed by atoms with Gasteiger partial charge in [0, 0.05) is 24.5 Å². The maximum absolute atomic E-state index is 13.4. The third-order valence-electron chi connectivity index (χ3n) is 6.56. The van der Waals surface area contributed by atoms with Crippen LogP contribution in [0, 0.1) is 13.8 Å². The lowest BCUT2D eigenvalue weighted by Crippen LogP contribution is -2.29. The van der Waals surface area contributed by atoms with Crippen LogP contribution in [0.25, 0.3) is 5.76 Å². The van der Waals surface area contributed by atoms with Crippen molar-refractivity contribution in [3.63, 3.8) is 0 Å². The summed E-state index contributed by atoms with van der Waals surface area (Å²) in [7, 11) is 1.59. The molecule has 1 unspecified atom stereocenters. The summed E-state index contributed by atoms with van der Waals surface area (Å²) in [5.41, 5.74) is 4.95. The Morgan fingerprint density at radius 1 is 1.03 bits per heavy atom. The molecule has 2 aromatic carbocycles. The van der Waals surface area contributed by atoms with Crippen molar-refractivity contribution in [3.05, 3.63) is 99.9 Å². The largest absolute Gasteiger partial charge is 0.507 e. The van der Waals surface area contributed by atoms with Gasteiger partial charge in [-0.15, -0.1) is 0 Å². The second kappa shape index (κ2) is 9.74. The summed E-state index contributed by atoms with van der Waals surface area (Å²) in [4.78, 5) is 32.2. The molecule has 6 heteroatoms. The van der Waals surface area contributed by atoms with E-state index in [0.29, 0.717) is 17.2 Å². The van der Waals surface area contributed by atoms with Crippen LogP contribution in [0.15, 0.2) is 66.5 Å². The molecule has 1 N–H and O–H groups in total. The van der Waals surface area contributed by atoms with Gasteiger partial charge >= 0.3 is 0 Å².